The molecule has 1 saturated heterocycles. The average molecular weight is 243 g/mol. The van der Waals surface area contributed by atoms with Gasteiger partial charge in [0.25, 0.3) is 0 Å². The summed E-state index contributed by atoms with van der Waals surface area (Å²) < 4.78 is 5.09. The summed E-state index contributed by atoms with van der Waals surface area (Å²) in [5.74, 6) is -0.640. The molecule has 0 aromatic carbocycles. The largest absolute Gasteiger partial charge is 0.466 e. The first kappa shape index (κ1) is 14.5. The number of rotatable bonds is 5. The second-order valence-electron chi connectivity index (χ2n) is 5.17. The van der Waals surface area contributed by atoms with Gasteiger partial charge >= 0.3 is 5.97 Å². The van der Waals surface area contributed by atoms with Gasteiger partial charge in [0, 0.05) is 12.6 Å². The van der Waals surface area contributed by atoms with Crippen molar-refractivity contribution >= 4 is 5.97 Å². The molecule has 100 valence electrons. The lowest BCUT2D eigenvalue weighted by Crippen LogP contribution is -2.45. The Hall–Kier alpha value is -0.610. The van der Waals surface area contributed by atoms with Crippen LogP contribution in [0.2, 0.25) is 0 Å². The monoisotopic (exact) mass is 243 g/mol. The number of ether oxygens (including phenoxy) is 1. The van der Waals surface area contributed by atoms with Gasteiger partial charge in [-0.3, -0.25) is 4.79 Å². The number of carbonyl (C=O) groups is 1. The number of hydrogen-bond acceptors (Lipinski definition) is 4. The molecule has 3 atom stereocenters. The molecule has 0 radical (unpaired) electrons. The second-order valence-corrected chi connectivity index (χ2v) is 5.17. The predicted molar refractivity (Wildman–Crippen MR) is 66.7 cm³/mol. The topological polar surface area (TPSA) is 49.8 Å². The van der Waals surface area contributed by atoms with E-state index in [4.69, 9.17) is 4.74 Å². The van der Waals surface area contributed by atoms with Crippen LogP contribution in [0.1, 0.15) is 40.0 Å². The van der Waals surface area contributed by atoms with E-state index in [1.165, 1.54) is 0 Å². The van der Waals surface area contributed by atoms with Gasteiger partial charge in [0.1, 0.15) is 0 Å². The van der Waals surface area contributed by atoms with Crippen LogP contribution >= 0.6 is 0 Å². The van der Waals surface area contributed by atoms with Crippen LogP contribution < -0.4 is 0 Å². The van der Waals surface area contributed by atoms with Gasteiger partial charge in [-0.2, -0.15) is 0 Å². The van der Waals surface area contributed by atoms with Crippen molar-refractivity contribution in [3.63, 3.8) is 0 Å². The summed E-state index contributed by atoms with van der Waals surface area (Å²) in [6.45, 7) is 6.83. The van der Waals surface area contributed by atoms with Gasteiger partial charge in [0.2, 0.25) is 0 Å². The molecule has 0 amide bonds. The van der Waals surface area contributed by atoms with Gasteiger partial charge in [-0.05, 0) is 33.7 Å². The molecule has 1 aliphatic rings. The zero-order valence-electron chi connectivity index (χ0n) is 11.4. The number of likely N-dealkylation sites (tertiary alicyclic amines) is 1. The van der Waals surface area contributed by atoms with Gasteiger partial charge in [-0.1, -0.05) is 13.3 Å². The number of carbonyl (C=O) groups excluding carboxylic acids is 1. The van der Waals surface area contributed by atoms with E-state index in [9.17, 15) is 9.90 Å². The number of nitrogens with zero attached hydrogens (tertiary/aromatic N) is 1. The average Bonchev–Trinajstić information content (AvgIpc) is 2.50. The molecule has 0 saturated carbocycles. The first-order chi connectivity index (χ1) is 7.94. The number of β-amino-alcohol motifs (C(OH)–C–C–N with tert-alkyl or cyclic N) is 1. The molecule has 0 bridgehead atoms. The Morgan fingerprint density at radius 2 is 2.24 bits per heavy atom. The molecule has 17 heavy (non-hydrogen) atoms. The lowest BCUT2D eigenvalue weighted by atomic mass is 9.82. The van der Waals surface area contributed by atoms with Crippen LogP contribution in [-0.2, 0) is 9.53 Å². The molecular weight excluding hydrogens is 218 g/mol. The van der Waals surface area contributed by atoms with Gasteiger partial charge < -0.3 is 14.7 Å². The van der Waals surface area contributed by atoms with Gasteiger partial charge in [-0.25, -0.2) is 0 Å². The minimum atomic E-state index is -0.920. The van der Waals surface area contributed by atoms with E-state index in [0.717, 1.165) is 6.42 Å². The third-order valence-corrected chi connectivity index (χ3v) is 3.72. The fraction of sp³-hybridized carbons (Fsp3) is 0.923. The number of hydrogen-bond donors (Lipinski definition) is 1. The van der Waals surface area contributed by atoms with Gasteiger partial charge in [0.15, 0.2) is 0 Å². The minimum Gasteiger partial charge on any atom is -0.466 e. The van der Waals surface area contributed by atoms with Crippen molar-refractivity contribution in [2.75, 3.05) is 20.2 Å². The third-order valence-electron chi connectivity index (χ3n) is 3.72. The summed E-state index contributed by atoms with van der Waals surface area (Å²) >= 11 is 0. The summed E-state index contributed by atoms with van der Waals surface area (Å²) in [5, 5.41) is 10.7. The Morgan fingerprint density at radius 3 is 2.65 bits per heavy atom. The summed E-state index contributed by atoms with van der Waals surface area (Å²) in [5.41, 5.74) is -0.920. The highest BCUT2D eigenvalue weighted by atomic mass is 16.5. The van der Waals surface area contributed by atoms with Gasteiger partial charge in [0.05, 0.1) is 18.1 Å². The summed E-state index contributed by atoms with van der Waals surface area (Å²) in [6, 6.07) is 0.314. The Labute approximate surface area is 104 Å². The normalized spacial score (nSPS) is 31.5. The van der Waals surface area contributed by atoms with Crippen LogP contribution in [0.4, 0.5) is 0 Å². The van der Waals surface area contributed by atoms with Crippen LogP contribution in [0.3, 0.4) is 0 Å². The molecule has 4 heteroatoms. The standard InChI is InChI=1S/C13H25NO3/c1-5-7-11(12(15)17-6-2)13(16)8-10(3)14(4)9-13/h10-11,16H,5-9H2,1-4H3. The maximum absolute atomic E-state index is 11.9. The van der Waals surface area contributed by atoms with Gasteiger partial charge in [-0.15, -0.1) is 0 Å². The molecule has 0 aliphatic carbocycles. The molecule has 1 heterocycles. The van der Waals surface area contributed by atoms with Crippen LogP contribution in [0, 0.1) is 5.92 Å². The van der Waals surface area contributed by atoms with Crippen molar-refractivity contribution in [3.05, 3.63) is 0 Å². The van der Waals surface area contributed by atoms with Crippen molar-refractivity contribution in [1.82, 2.24) is 4.90 Å². The van der Waals surface area contributed by atoms with E-state index >= 15 is 0 Å². The highest BCUT2D eigenvalue weighted by molar-refractivity contribution is 5.74. The molecular formula is C13H25NO3. The van der Waals surface area contributed by atoms with E-state index in [-0.39, 0.29) is 11.9 Å². The van der Waals surface area contributed by atoms with Crippen molar-refractivity contribution < 1.29 is 14.6 Å². The SMILES string of the molecule is CCCC(C(=O)OCC)C1(O)CC(C)N(C)C1. The highest BCUT2D eigenvalue weighted by Crippen LogP contribution is 2.35. The molecule has 3 unspecified atom stereocenters. The molecule has 0 aromatic rings. The van der Waals surface area contributed by atoms with E-state index in [1.54, 1.807) is 6.92 Å². The second kappa shape index (κ2) is 5.83. The zero-order chi connectivity index (χ0) is 13.1. The van der Waals surface area contributed by atoms with Crippen LogP contribution in [0.15, 0.2) is 0 Å². The van der Waals surface area contributed by atoms with E-state index in [1.807, 2.05) is 14.0 Å². The summed E-state index contributed by atoms with van der Waals surface area (Å²) in [6.07, 6.45) is 2.22. The van der Waals surface area contributed by atoms with Crippen LogP contribution in [-0.4, -0.2) is 47.8 Å². The zero-order valence-corrected chi connectivity index (χ0v) is 11.4. The highest BCUT2D eigenvalue weighted by Gasteiger charge is 2.48. The Bertz CT molecular complexity index is 257. The summed E-state index contributed by atoms with van der Waals surface area (Å²) in [4.78, 5) is 14.0. The van der Waals surface area contributed by atoms with E-state index in [0.29, 0.717) is 32.0 Å². The maximum atomic E-state index is 11.9. The number of likely N-dealkylation sites (N-methyl/N-ethyl adjacent to an activating group) is 1. The quantitative estimate of drug-likeness (QED) is 0.742. The first-order valence-electron chi connectivity index (χ1n) is 6.53. The fourth-order valence-electron chi connectivity index (χ4n) is 2.71. The molecule has 0 aromatic heterocycles. The molecule has 1 aliphatic heterocycles. The minimum absolute atomic E-state index is 0.251. The number of esters is 1. The maximum Gasteiger partial charge on any atom is 0.311 e. The van der Waals surface area contributed by atoms with Crippen LogP contribution in [0.25, 0.3) is 0 Å². The molecule has 1 rings (SSSR count). The van der Waals surface area contributed by atoms with Crippen molar-refractivity contribution in [3.8, 4) is 0 Å². The Kier molecular flexibility index (Phi) is 4.95. The summed E-state index contributed by atoms with van der Waals surface area (Å²) in [7, 11) is 1.98. The molecule has 1 N–H and O–H groups in total. The first-order valence-corrected chi connectivity index (χ1v) is 6.53. The Balaban J connectivity index is 2.79. The fourth-order valence-corrected chi connectivity index (χ4v) is 2.71. The smallest absolute Gasteiger partial charge is 0.311 e. The third kappa shape index (κ3) is 3.19. The van der Waals surface area contributed by atoms with Crippen molar-refractivity contribution in [2.24, 2.45) is 5.92 Å². The van der Waals surface area contributed by atoms with Crippen molar-refractivity contribution in [1.29, 1.82) is 0 Å². The lowest BCUT2D eigenvalue weighted by Gasteiger charge is -2.30. The molecule has 0 spiro atoms. The molecule has 1 fully saturated rings. The molecule has 4 nitrogen and oxygen atoms in total. The van der Waals surface area contributed by atoms with Crippen molar-refractivity contribution in [2.45, 2.75) is 51.7 Å². The lowest BCUT2D eigenvalue weighted by molar-refractivity contribution is -0.158. The Morgan fingerprint density at radius 1 is 1.59 bits per heavy atom. The van der Waals surface area contributed by atoms with E-state index < -0.39 is 5.60 Å². The predicted octanol–water partition coefficient (Wildman–Crippen LogP) is 1.42. The van der Waals surface area contributed by atoms with E-state index in [2.05, 4.69) is 11.8 Å². The van der Waals surface area contributed by atoms with Crippen LogP contribution in [0.5, 0.6) is 0 Å². The number of aliphatic hydroxyl groups is 1.